The van der Waals surface area contributed by atoms with Gasteiger partial charge in [0, 0.05) is 31.3 Å². The topological polar surface area (TPSA) is 73.1 Å². The van der Waals surface area contributed by atoms with Crippen LogP contribution >= 0.6 is 11.3 Å². The average molecular weight is 450 g/mol. The van der Waals surface area contributed by atoms with Gasteiger partial charge in [0.15, 0.2) is 5.52 Å². The molecule has 0 aliphatic carbocycles. The number of aryl methyl sites for hydroxylation is 1. The third-order valence-electron chi connectivity index (χ3n) is 6.22. The molecule has 7 nitrogen and oxygen atoms in total. The van der Waals surface area contributed by atoms with E-state index in [1.165, 1.54) is 0 Å². The van der Waals surface area contributed by atoms with Gasteiger partial charge in [0.2, 0.25) is 5.88 Å². The van der Waals surface area contributed by atoms with Gasteiger partial charge >= 0.3 is 0 Å². The lowest BCUT2D eigenvalue weighted by Gasteiger charge is -2.35. The molecule has 1 aliphatic rings. The molecule has 0 unspecified atom stereocenters. The molecule has 0 bridgehead atoms. The number of fused-ring (bicyclic) bond motifs is 2. The van der Waals surface area contributed by atoms with E-state index in [1.54, 1.807) is 22.0 Å². The molecular formula is C24H27N5O2S. The van der Waals surface area contributed by atoms with Crippen molar-refractivity contribution in [3.63, 3.8) is 0 Å². The Morgan fingerprint density at radius 2 is 2.03 bits per heavy atom. The first-order chi connectivity index (χ1) is 15.5. The van der Waals surface area contributed by atoms with E-state index in [0.717, 1.165) is 42.0 Å². The molecule has 166 valence electrons. The molecule has 32 heavy (non-hydrogen) atoms. The Balaban J connectivity index is 1.44. The van der Waals surface area contributed by atoms with Gasteiger partial charge < -0.3 is 9.64 Å². The van der Waals surface area contributed by atoms with Crippen molar-refractivity contribution in [1.29, 1.82) is 0 Å². The van der Waals surface area contributed by atoms with Crippen LogP contribution < -0.4 is 10.3 Å². The van der Waals surface area contributed by atoms with E-state index in [4.69, 9.17) is 4.74 Å². The first-order valence-electron chi connectivity index (χ1n) is 11.1. The van der Waals surface area contributed by atoms with Gasteiger partial charge in [-0.2, -0.15) is 0 Å². The molecule has 5 rings (SSSR count). The van der Waals surface area contributed by atoms with Crippen LogP contribution in [0.2, 0.25) is 0 Å². The van der Waals surface area contributed by atoms with Gasteiger partial charge in [0.25, 0.3) is 5.56 Å². The van der Waals surface area contributed by atoms with E-state index in [1.807, 2.05) is 36.7 Å². The summed E-state index contributed by atoms with van der Waals surface area (Å²) in [5.74, 6) is 2.23. The Kier molecular flexibility index (Phi) is 5.65. The van der Waals surface area contributed by atoms with Crippen molar-refractivity contribution in [2.45, 2.75) is 46.2 Å². The maximum Gasteiger partial charge on any atom is 0.280 e. The standard InChI is InChI=1S/C24H27N5O2S/c1-15(2)28-10-4-5-17(12-28)13-29-16(3)26-20-8-9-22(27-23(20)24(29)30)31-18-6-7-19-21(11-18)32-14-25-19/h6-9,11,14-15,17H,4-5,10,12-13H2,1-3H3/t17-/m0/s1. The summed E-state index contributed by atoms with van der Waals surface area (Å²) in [5.41, 5.74) is 3.60. The predicted octanol–water partition coefficient (Wildman–Crippen LogP) is 4.62. The van der Waals surface area contributed by atoms with E-state index in [2.05, 4.69) is 33.7 Å². The molecule has 8 heteroatoms. The first-order valence-corrected chi connectivity index (χ1v) is 12.0. The van der Waals surface area contributed by atoms with Crippen LogP contribution in [0.15, 0.2) is 40.6 Å². The lowest BCUT2D eigenvalue weighted by Crippen LogP contribution is -2.42. The Labute approximate surface area is 190 Å². The highest BCUT2D eigenvalue weighted by atomic mass is 32.1. The summed E-state index contributed by atoms with van der Waals surface area (Å²) in [6.45, 7) is 9.18. The third kappa shape index (κ3) is 4.12. The van der Waals surface area contributed by atoms with Crippen LogP contribution in [0, 0.1) is 12.8 Å². The highest BCUT2D eigenvalue weighted by molar-refractivity contribution is 7.16. The Morgan fingerprint density at radius 1 is 1.19 bits per heavy atom. The molecule has 0 amide bonds. The first kappa shape index (κ1) is 21.0. The molecule has 0 N–H and O–H groups in total. The van der Waals surface area contributed by atoms with Crippen LogP contribution in [0.1, 0.15) is 32.5 Å². The van der Waals surface area contributed by atoms with Crippen molar-refractivity contribution in [3.8, 4) is 11.6 Å². The van der Waals surface area contributed by atoms with E-state index in [-0.39, 0.29) is 5.56 Å². The second kappa shape index (κ2) is 8.60. The number of hydrogen-bond acceptors (Lipinski definition) is 7. The minimum Gasteiger partial charge on any atom is -0.439 e. The number of pyridine rings is 1. The second-order valence-electron chi connectivity index (χ2n) is 8.77. The molecule has 0 saturated carbocycles. The van der Waals surface area contributed by atoms with Gasteiger partial charge in [-0.1, -0.05) is 0 Å². The maximum atomic E-state index is 13.4. The highest BCUT2D eigenvalue weighted by Gasteiger charge is 2.23. The maximum absolute atomic E-state index is 13.4. The van der Waals surface area contributed by atoms with E-state index in [0.29, 0.717) is 41.2 Å². The monoisotopic (exact) mass is 449 g/mol. The second-order valence-corrected chi connectivity index (χ2v) is 9.66. The van der Waals surface area contributed by atoms with Crippen LogP contribution in [0.3, 0.4) is 0 Å². The molecule has 1 atom stereocenters. The molecule has 1 fully saturated rings. The number of thiazole rings is 1. The van der Waals surface area contributed by atoms with E-state index >= 15 is 0 Å². The molecule has 1 aromatic carbocycles. The molecule has 0 radical (unpaired) electrons. The van der Waals surface area contributed by atoms with Crippen LogP contribution in [0.4, 0.5) is 0 Å². The summed E-state index contributed by atoms with van der Waals surface area (Å²) in [6, 6.07) is 9.82. The lowest BCUT2D eigenvalue weighted by molar-refractivity contribution is 0.129. The van der Waals surface area contributed by atoms with Gasteiger partial charge in [-0.05, 0) is 64.3 Å². The Bertz CT molecular complexity index is 1330. The molecule has 1 aliphatic heterocycles. The fourth-order valence-electron chi connectivity index (χ4n) is 4.46. The average Bonchev–Trinajstić information content (AvgIpc) is 3.25. The molecule has 3 aromatic heterocycles. The summed E-state index contributed by atoms with van der Waals surface area (Å²) in [6.07, 6.45) is 2.29. The number of rotatable bonds is 5. The summed E-state index contributed by atoms with van der Waals surface area (Å²) in [4.78, 5) is 29.4. The van der Waals surface area contributed by atoms with Crippen molar-refractivity contribution in [2.24, 2.45) is 5.92 Å². The van der Waals surface area contributed by atoms with Gasteiger partial charge in [0.05, 0.1) is 21.2 Å². The number of hydrogen-bond donors (Lipinski definition) is 0. The number of aromatic nitrogens is 4. The van der Waals surface area contributed by atoms with Crippen molar-refractivity contribution in [3.05, 3.63) is 52.0 Å². The molecule has 4 aromatic rings. The van der Waals surface area contributed by atoms with E-state index in [9.17, 15) is 4.79 Å². The number of likely N-dealkylation sites (tertiary alicyclic amines) is 1. The predicted molar refractivity (Wildman–Crippen MR) is 128 cm³/mol. The lowest BCUT2D eigenvalue weighted by atomic mass is 9.97. The van der Waals surface area contributed by atoms with Gasteiger partial charge in [0.1, 0.15) is 11.6 Å². The fourth-order valence-corrected chi connectivity index (χ4v) is 5.16. The normalized spacial score (nSPS) is 17.4. The third-order valence-corrected chi connectivity index (χ3v) is 7.01. The van der Waals surface area contributed by atoms with Crippen molar-refractivity contribution in [2.75, 3.05) is 13.1 Å². The number of piperidine rings is 1. The molecule has 0 spiro atoms. The number of ether oxygens (including phenoxy) is 1. The summed E-state index contributed by atoms with van der Waals surface area (Å²) in [5, 5.41) is 0. The number of nitrogens with zero attached hydrogens (tertiary/aromatic N) is 5. The summed E-state index contributed by atoms with van der Waals surface area (Å²) < 4.78 is 8.80. The zero-order valence-electron chi connectivity index (χ0n) is 18.6. The summed E-state index contributed by atoms with van der Waals surface area (Å²) in [7, 11) is 0. The quantitative estimate of drug-likeness (QED) is 0.443. The number of benzene rings is 1. The van der Waals surface area contributed by atoms with Gasteiger partial charge in [-0.25, -0.2) is 15.0 Å². The molecule has 1 saturated heterocycles. The fraction of sp³-hybridized carbons (Fsp3) is 0.417. The largest absolute Gasteiger partial charge is 0.439 e. The van der Waals surface area contributed by atoms with E-state index < -0.39 is 0 Å². The minimum absolute atomic E-state index is 0.0995. The van der Waals surface area contributed by atoms with Gasteiger partial charge in [-0.15, -0.1) is 11.3 Å². The van der Waals surface area contributed by atoms with Crippen molar-refractivity contribution >= 4 is 32.6 Å². The zero-order valence-corrected chi connectivity index (χ0v) is 19.4. The van der Waals surface area contributed by atoms with Crippen LogP contribution in [-0.4, -0.2) is 43.6 Å². The highest BCUT2D eigenvalue weighted by Crippen LogP contribution is 2.27. The zero-order chi connectivity index (χ0) is 22.2. The van der Waals surface area contributed by atoms with Crippen molar-refractivity contribution in [1.82, 2.24) is 24.4 Å². The van der Waals surface area contributed by atoms with Crippen LogP contribution in [0.25, 0.3) is 21.3 Å². The van der Waals surface area contributed by atoms with Crippen molar-refractivity contribution < 1.29 is 4.74 Å². The molecular weight excluding hydrogens is 422 g/mol. The van der Waals surface area contributed by atoms with Crippen LogP contribution in [0.5, 0.6) is 11.6 Å². The Hall–Kier alpha value is -2.84. The summed E-state index contributed by atoms with van der Waals surface area (Å²) >= 11 is 1.56. The Morgan fingerprint density at radius 3 is 2.88 bits per heavy atom. The minimum atomic E-state index is -0.0995. The molecule has 4 heterocycles. The van der Waals surface area contributed by atoms with Crippen LogP contribution in [-0.2, 0) is 6.54 Å². The van der Waals surface area contributed by atoms with Gasteiger partial charge in [-0.3, -0.25) is 9.36 Å². The SMILES string of the molecule is Cc1nc2ccc(Oc3ccc4ncsc4c3)nc2c(=O)n1C[C@H]1CCCN(C(C)C)C1. The smallest absolute Gasteiger partial charge is 0.280 e.